The molecule has 2 heterocycles. The summed E-state index contributed by atoms with van der Waals surface area (Å²) in [5, 5.41) is 8.76. The molecule has 0 saturated heterocycles. The Bertz CT molecular complexity index is 926. The molecule has 0 spiro atoms. The molecular weight excluding hydrogens is 317 g/mol. The van der Waals surface area contributed by atoms with Crippen LogP contribution in [0.3, 0.4) is 0 Å². The monoisotopic (exact) mass is 339 g/mol. The van der Waals surface area contributed by atoms with Crippen molar-refractivity contribution in [2.75, 3.05) is 6.61 Å². The van der Waals surface area contributed by atoms with Gasteiger partial charge in [0.15, 0.2) is 5.65 Å². The van der Waals surface area contributed by atoms with Crippen molar-refractivity contribution < 1.29 is 9.50 Å². The van der Waals surface area contributed by atoms with E-state index in [9.17, 15) is 4.39 Å². The van der Waals surface area contributed by atoms with Crippen LogP contribution in [0.25, 0.3) is 17.2 Å². The fraction of sp³-hybridized carbons (Fsp3) is 0.300. The fourth-order valence-electron chi connectivity index (χ4n) is 3.01. The van der Waals surface area contributed by atoms with Crippen LogP contribution >= 0.6 is 0 Å². The summed E-state index contributed by atoms with van der Waals surface area (Å²) in [6.07, 6.45) is 2.17. The largest absolute Gasteiger partial charge is 0.389 e. The second-order valence-electron chi connectivity index (χ2n) is 6.21. The zero-order chi connectivity index (χ0) is 18.0. The van der Waals surface area contributed by atoms with E-state index in [1.807, 2.05) is 31.2 Å². The van der Waals surface area contributed by atoms with Gasteiger partial charge in [-0.2, -0.15) is 0 Å². The Morgan fingerprint density at radius 1 is 1.20 bits per heavy atom. The predicted molar refractivity (Wildman–Crippen MR) is 98.1 cm³/mol. The highest BCUT2D eigenvalue weighted by Crippen LogP contribution is 2.21. The SMILES string of the molecule is CCc1nc2c(C)cc(C)nc2n1Cc1ccc(C=C(F)CO)cc1. The average Bonchev–Trinajstić information content (AvgIpc) is 2.94. The molecule has 2 aromatic heterocycles. The van der Waals surface area contributed by atoms with Gasteiger partial charge in [0, 0.05) is 12.1 Å². The number of aromatic nitrogens is 3. The van der Waals surface area contributed by atoms with Gasteiger partial charge in [0.2, 0.25) is 0 Å². The molecule has 0 aliphatic rings. The van der Waals surface area contributed by atoms with Crippen LogP contribution in [0.4, 0.5) is 4.39 Å². The number of nitrogens with zero attached hydrogens (tertiary/aromatic N) is 3. The summed E-state index contributed by atoms with van der Waals surface area (Å²) >= 11 is 0. The number of halogens is 1. The molecule has 0 bridgehead atoms. The highest BCUT2D eigenvalue weighted by atomic mass is 19.1. The van der Waals surface area contributed by atoms with Gasteiger partial charge < -0.3 is 9.67 Å². The molecule has 0 atom stereocenters. The highest BCUT2D eigenvalue weighted by molar-refractivity contribution is 5.76. The standard InChI is InChI=1S/C20H22FN3O/c1-4-18-23-19-13(2)9-14(3)22-20(19)24(18)11-16-7-5-15(6-8-16)10-17(21)12-25/h5-10,25H,4,11-12H2,1-3H3. The van der Waals surface area contributed by atoms with Gasteiger partial charge in [-0.15, -0.1) is 0 Å². The third-order valence-corrected chi connectivity index (χ3v) is 4.21. The highest BCUT2D eigenvalue weighted by Gasteiger charge is 2.13. The van der Waals surface area contributed by atoms with Gasteiger partial charge in [-0.1, -0.05) is 31.2 Å². The van der Waals surface area contributed by atoms with Crippen LogP contribution < -0.4 is 0 Å². The second kappa shape index (κ2) is 7.15. The van der Waals surface area contributed by atoms with E-state index in [0.29, 0.717) is 6.54 Å². The van der Waals surface area contributed by atoms with Crippen molar-refractivity contribution in [2.45, 2.75) is 33.7 Å². The van der Waals surface area contributed by atoms with Crippen LogP contribution in [0.2, 0.25) is 0 Å². The van der Waals surface area contributed by atoms with Gasteiger partial charge in [-0.25, -0.2) is 14.4 Å². The number of aryl methyl sites for hydroxylation is 3. The maximum absolute atomic E-state index is 13.2. The lowest BCUT2D eigenvalue weighted by atomic mass is 10.1. The molecule has 3 aromatic rings. The van der Waals surface area contributed by atoms with Crippen molar-refractivity contribution >= 4 is 17.2 Å². The van der Waals surface area contributed by atoms with Crippen molar-refractivity contribution in [1.29, 1.82) is 0 Å². The molecule has 0 aliphatic carbocycles. The first-order valence-electron chi connectivity index (χ1n) is 8.41. The smallest absolute Gasteiger partial charge is 0.160 e. The first-order chi connectivity index (χ1) is 12.0. The number of benzene rings is 1. The van der Waals surface area contributed by atoms with Crippen LogP contribution in [-0.2, 0) is 13.0 Å². The summed E-state index contributed by atoms with van der Waals surface area (Å²) in [6.45, 7) is 6.23. The minimum atomic E-state index is -0.576. The molecule has 1 N–H and O–H groups in total. The number of rotatable bonds is 5. The van der Waals surface area contributed by atoms with E-state index >= 15 is 0 Å². The lowest BCUT2D eigenvalue weighted by Crippen LogP contribution is -2.05. The zero-order valence-corrected chi connectivity index (χ0v) is 14.8. The van der Waals surface area contributed by atoms with E-state index in [-0.39, 0.29) is 0 Å². The van der Waals surface area contributed by atoms with Crippen molar-refractivity contribution in [3.63, 3.8) is 0 Å². The lowest BCUT2D eigenvalue weighted by molar-refractivity contribution is 0.300. The van der Waals surface area contributed by atoms with E-state index in [1.165, 1.54) is 6.08 Å². The van der Waals surface area contributed by atoms with Crippen molar-refractivity contribution in [1.82, 2.24) is 14.5 Å². The van der Waals surface area contributed by atoms with Crippen molar-refractivity contribution in [3.05, 3.63) is 64.4 Å². The Kier molecular flexibility index (Phi) is 4.95. The van der Waals surface area contributed by atoms with E-state index in [0.717, 1.165) is 45.8 Å². The predicted octanol–water partition coefficient (Wildman–Crippen LogP) is 3.96. The summed E-state index contributed by atoms with van der Waals surface area (Å²) in [5.41, 5.74) is 5.80. The van der Waals surface area contributed by atoms with Gasteiger partial charge >= 0.3 is 0 Å². The Hall–Kier alpha value is -2.53. The molecule has 4 nitrogen and oxygen atoms in total. The fourth-order valence-corrected chi connectivity index (χ4v) is 3.01. The number of pyridine rings is 1. The quantitative estimate of drug-likeness (QED) is 0.765. The minimum absolute atomic E-state index is 0.545. The van der Waals surface area contributed by atoms with Gasteiger partial charge in [0.05, 0.1) is 13.2 Å². The van der Waals surface area contributed by atoms with E-state index in [1.54, 1.807) is 0 Å². The van der Waals surface area contributed by atoms with Crippen LogP contribution in [-0.4, -0.2) is 26.2 Å². The number of imidazole rings is 1. The Morgan fingerprint density at radius 2 is 1.92 bits per heavy atom. The average molecular weight is 339 g/mol. The molecule has 0 unspecified atom stereocenters. The molecule has 3 rings (SSSR count). The van der Waals surface area contributed by atoms with Gasteiger partial charge in [0.25, 0.3) is 0 Å². The molecule has 25 heavy (non-hydrogen) atoms. The third-order valence-electron chi connectivity index (χ3n) is 4.21. The normalized spacial score (nSPS) is 12.1. The number of hydrogen-bond donors (Lipinski definition) is 1. The van der Waals surface area contributed by atoms with Gasteiger partial charge in [0.1, 0.15) is 17.2 Å². The number of fused-ring (bicyclic) bond motifs is 1. The number of hydrogen-bond acceptors (Lipinski definition) is 3. The first-order valence-corrected chi connectivity index (χ1v) is 8.41. The summed E-state index contributed by atoms with van der Waals surface area (Å²) < 4.78 is 15.3. The molecule has 130 valence electrons. The maximum atomic E-state index is 13.2. The van der Waals surface area contributed by atoms with Crippen molar-refractivity contribution in [3.8, 4) is 0 Å². The van der Waals surface area contributed by atoms with Crippen LogP contribution in [0.1, 0.15) is 35.1 Å². The zero-order valence-electron chi connectivity index (χ0n) is 14.8. The van der Waals surface area contributed by atoms with E-state index in [4.69, 9.17) is 10.1 Å². The molecule has 5 heteroatoms. The van der Waals surface area contributed by atoms with E-state index in [2.05, 4.69) is 29.5 Å². The maximum Gasteiger partial charge on any atom is 0.160 e. The number of aliphatic hydroxyl groups is 1. The molecule has 0 aliphatic heterocycles. The lowest BCUT2D eigenvalue weighted by Gasteiger charge is -2.09. The first kappa shape index (κ1) is 17.3. The van der Waals surface area contributed by atoms with Gasteiger partial charge in [-0.3, -0.25) is 0 Å². The molecular formula is C20H22FN3O. The topological polar surface area (TPSA) is 50.9 Å². The van der Waals surface area contributed by atoms with Crippen LogP contribution in [0, 0.1) is 13.8 Å². The van der Waals surface area contributed by atoms with Gasteiger partial charge in [-0.05, 0) is 42.7 Å². The number of aliphatic hydroxyl groups excluding tert-OH is 1. The molecule has 0 saturated carbocycles. The molecule has 0 radical (unpaired) electrons. The second-order valence-corrected chi connectivity index (χ2v) is 6.21. The van der Waals surface area contributed by atoms with Crippen LogP contribution in [0.15, 0.2) is 36.2 Å². The molecule has 1 aromatic carbocycles. The Labute approximate surface area is 146 Å². The summed E-state index contributed by atoms with van der Waals surface area (Å²) in [5.74, 6) is 0.461. The summed E-state index contributed by atoms with van der Waals surface area (Å²) in [7, 11) is 0. The Morgan fingerprint density at radius 3 is 2.56 bits per heavy atom. The third kappa shape index (κ3) is 3.61. The molecule has 0 fully saturated rings. The van der Waals surface area contributed by atoms with Crippen molar-refractivity contribution in [2.24, 2.45) is 0 Å². The minimum Gasteiger partial charge on any atom is -0.389 e. The molecule has 0 amide bonds. The van der Waals surface area contributed by atoms with Crippen LogP contribution in [0.5, 0.6) is 0 Å². The Balaban J connectivity index is 1.97. The summed E-state index contributed by atoms with van der Waals surface area (Å²) in [6, 6.07) is 9.67. The summed E-state index contributed by atoms with van der Waals surface area (Å²) in [4.78, 5) is 9.43. The van der Waals surface area contributed by atoms with E-state index < -0.39 is 12.4 Å².